The number of fused-ring (bicyclic) bond motifs is 2. The highest BCUT2D eigenvalue weighted by molar-refractivity contribution is 5.98. The van der Waals surface area contributed by atoms with Crippen molar-refractivity contribution in [2.75, 3.05) is 19.6 Å². The molecule has 3 fully saturated rings. The van der Waals surface area contributed by atoms with Crippen molar-refractivity contribution in [2.24, 2.45) is 22.4 Å². The summed E-state index contributed by atoms with van der Waals surface area (Å²) >= 11 is 0. The van der Waals surface area contributed by atoms with E-state index >= 15 is 0 Å². The van der Waals surface area contributed by atoms with E-state index in [2.05, 4.69) is 36.6 Å². The highest BCUT2D eigenvalue weighted by atomic mass is 16.2. The van der Waals surface area contributed by atoms with Gasteiger partial charge in [-0.2, -0.15) is 0 Å². The molecule has 1 aliphatic carbocycles. The first-order chi connectivity index (χ1) is 28.5. The van der Waals surface area contributed by atoms with Gasteiger partial charge in [0.25, 0.3) is 0 Å². The number of para-hydroxylation sites is 1. The monoisotopic (exact) mass is 810 g/mol. The molecule has 0 radical (unpaired) electrons. The van der Waals surface area contributed by atoms with E-state index in [0.29, 0.717) is 32.1 Å². The Morgan fingerprint density at radius 1 is 0.797 bits per heavy atom. The van der Waals surface area contributed by atoms with Crippen LogP contribution in [0.2, 0.25) is 0 Å². The molecule has 3 aromatic rings. The van der Waals surface area contributed by atoms with Crippen molar-refractivity contribution in [1.82, 2.24) is 36.5 Å². The minimum Gasteiger partial charge on any atom is -0.370 e. The van der Waals surface area contributed by atoms with Crippen LogP contribution in [-0.4, -0.2) is 101 Å². The first kappa shape index (κ1) is 42.7. The minimum absolute atomic E-state index is 0.0882. The van der Waals surface area contributed by atoms with Crippen LogP contribution in [0, 0.1) is 5.92 Å². The third-order valence-electron chi connectivity index (χ3n) is 11.7. The maximum atomic E-state index is 14.4. The van der Waals surface area contributed by atoms with Gasteiger partial charge in [0.1, 0.15) is 30.2 Å². The Bertz CT molecular complexity index is 1970. The van der Waals surface area contributed by atoms with Crippen LogP contribution in [0.5, 0.6) is 0 Å². The molecule has 1 saturated carbocycles. The van der Waals surface area contributed by atoms with Gasteiger partial charge in [0, 0.05) is 49.6 Å². The lowest BCUT2D eigenvalue weighted by atomic mass is 9.84. The number of aromatic amines is 1. The highest BCUT2D eigenvalue weighted by Crippen LogP contribution is 2.28. The molecule has 10 N–H and O–H groups in total. The zero-order chi connectivity index (χ0) is 41.7. The number of benzene rings is 2. The Kier molecular flexibility index (Phi) is 14.9. The molecular formula is C43H58N10O6. The molecule has 316 valence electrons. The van der Waals surface area contributed by atoms with Crippen LogP contribution in [0.3, 0.4) is 0 Å². The molecule has 2 unspecified atom stereocenters. The van der Waals surface area contributed by atoms with Gasteiger partial charge in [0.15, 0.2) is 5.96 Å². The number of carbonyl (C=O) groups excluding carboxylic acids is 6. The molecule has 6 amide bonds. The molecular weight excluding hydrogens is 753 g/mol. The van der Waals surface area contributed by atoms with E-state index in [1.165, 1.54) is 4.90 Å². The van der Waals surface area contributed by atoms with E-state index in [1.807, 2.05) is 54.6 Å². The number of nitrogens with two attached hydrogens (primary N) is 2. The van der Waals surface area contributed by atoms with Crippen molar-refractivity contribution < 1.29 is 28.8 Å². The molecule has 3 aliphatic rings. The van der Waals surface area contributed by atoms with E-state index < -0.39 is 65.7 Å². The molecule has 5 atom stereocenters. The molecule has 6 rings (SSSR count). The Balaban J connectivity index is 1.32. The SMILES string of the molecule is NC(N)=NCCC[C@@H]1NC(=O)[C@H](Cc2c[nH]c3ccccc23)NC(=O)[C@@H](CC2CCCCC2)NC(=O)C2CCCN2C(=O)C(NC(=O)CCc2ccccc2)CNC1=O. The molecule has 2 aromatic carbocycles. The van der Waals surface area contributed by atoms with E-state index in [0.717, 1.165) is 54.1 Å². The second-order valence-electron chi connectivity index (χ2n) is 16.0. The van der Waals surface area contributed by atoms with Gasteiger partial charge >= 0.3 is 0 Å². The van der Waals surface area contributed by atoms with Gasteiger partial charge in [0.2, 0.25) is 35.4 Å². The summed E-state index contributed by atoms with van der Waals surface area (Å²) in [7, 11) is 0. The normalized spacial score (nSPS) is 23.8. The van der Waals surface area contributed by atoms with Gasteiger partial charge < -0.3 is 47.9 Å². The number of aryl methyl sites for hydroxylation is 1. The number of hydrogen-bond donors (Lipinski definition) is 8. The lowest BCUT2D eigenvalue weighted by Gasteiger charge is -2.32. The fourth-order valence-corrected chi connectivity index (χ4v) is 8.50. The maximum absolute atomic E-state index is 14.4. The number of nitrogens with zero attached hydrogens (tertiary/aromatic N) is 2. The molecule has 16 nitrogen and oxygen atoms in total. The van der Waals surface area contributed by atoms with Gasteiger partial charge in [-0.3, -0.25) is 33.8 Å². The molecule has 59 heavy (non-hydrogen) atoms. The number of rotatable bonds is 12. The summed E-state index contributed by atoms with van der Waals surface area (Å²) < 4.78 is 0. The summed E-state index contributed by atoms with van der Waals surface area (Å²) in [5, 5.41) is 15.3. The Labute approximate surface area is 344 Å². The Morgan fingerprint density at radius 2 is 1.51 bits per heavy atom. The molecule has 3 heterocycles. The van der Waals surface area contributed by atoms with Crippen molar-refractivity contribution in [3.63, 3.8) is 0 Å². The first-order valence-electron chi connectivity index (χ1n) is 21.0. The van der Waals surface area contributed by atoms with Crippen LogP contribution in [-0.2, 0) is 41.6 Å². The molecule has 0 spiro atoms. The van der Waals surface area contributed by atoms with Crippen molar-refractivity contribution in [3.05, 3.63) is 71.9 Å². The topological polar surface area (TPSA) is 246 Å². The summed E-state index contributed by atoms with van der Waals surface area (Å²) in [6, 6.07) is 11.8. The number of aromatic nitrogens is 1. The van der Waals surface area contributed by atoms with E-state index in [4.69, 9.17) is 11.5 Å². The second-order valence-corrected chi connectivity index (χ2v) is 16.0. The molecule has 1 aromatic heterocycles. The minimum atomic E-state index is -1.21. The van der Waals surface area contributed by atoms with Crippen LogP contribution in [0.1, 0.15) is 81.8 Å². The predicted molar refractivity (Wildman–Crippen MR) is 223 cm³/mol. The summed E-state index contributed by atoms with van der Waals surface area (Å²) in [4.78, 5) is 93.4. The zero-order valence-corrected chi connectivity index (χ0v) is 33.5. The Hall–Kier alpha value is -5.93. The third kappa shape index (κ3) is 11.8. The van der Waals surface area contributed by atoms with Crippen molar-refractivity contribution >= 4 is 52.3 Å². The van der Waals surface area contributed by atoms with Crippen LogP contribution < -0.4 is 38.1 Å². The standard InChI is InChI=1S/C43H58N10O6/c44-43(45)46-21-9-17-32-38(55)48-26-35(49-37(54)20-19-27-11-3-1-4-12-27)42(59)53-22-10-18-36(53)41(58)52-33(23-28-13-5-2-6-14-28)39(56)51-34(40(57)50-32)24-29-25-47-31-16-8-7-15-30(29)31/h1,3-4,7-8,11-12,15-16,25,28,32-36,47H,2,5-6,9-10,13-14,17-24,26H2,(H,48,55)(H,49,54)(H,50,57)(H,51,56)(H,52,58)(H4,44,45,46)/t32-,33+,34-,35?,36?/m0/s1. The largest absolute Gasteiger partial charge is 0.370 e. The van der Waals surface area contributed by atoms with Crippen LogP contribution in [0.15, 0.2) is 65.8 Å². The molecule has 2 saturated heterocycles. The summed E-state index contributed by atoms with van der Waals surface area (Å²) in [6.07, 6.45) is 9.10. The average molecular weight is 811 g/mol. The summed E-state index contributed by atoms with van der Waals surface area (Å²) in [6.45, 7) is 0.158. The van der Waals surface area contributed by atoms with Gasteiger partial charge in [-0.05, 0) is 61.6 Å². The van der Waals surface area contributed by atoms with Gasteiger partial charge in [-0.1, -0.05) is 80.6 Å². The molecule has 2 aliphatic heterocycles. The van der Waals surface area contributed by atoms with Crippen molar-refractivity contribution in [3.8, 4) is 0 Å². The number of guanidine groups is 1. The lowest BCUT2D eigenvalue weighted by Crippen LogP contribution is -2.61. The number of nitrogens with one attached hydrogen (secondary N) is 6. The second kappa shape index (κ2) is 20.7. The van der Waals surface area contributed by atoms with Gasteiger partial charge in [-0.15, -0.1) is 0 Å². The summed E-state index contributed by atoms with van der Waals surface area (Å²) in [5.74, 6) is -3.07. The maximum Gasteiger partial charge on any atom is 0.247 e. The molecule has 16 heteroatoms. The first-order valence-corrected chi connectivity index (χ1v) is 21.0. The van der Waals surface area contributed by atoms with Crippen molar-refractivity contribution in [2.45, 2.75) is 114 Å². The van der Waals surface area contributed by atoms with Crippen LogP contribution in [0.25, 0.3) is 10.9 Å². The van der Waals surface area contributed by atoms with E-state index in [9.17, 15) is 28.8 Å². The van der Waals surface area contributed by atoms with Crippen LogP contribution in [0.4, 0.5) is 0 Å². The number of hydrogen-bond acceptors (Lipinski definition) is 7. The number of carbonyl (C=O) groups is 6. The fraction of sp³-hybridized carbons (Fsp3) is 0.512. The van der Waals surface area contributed by atoms with E-state index in [1.54, 1.807) is 6.20 Å². The Morgan fingerprint density at radius 3 is 2.29 bits per heavy atom. The summed E-state index contributed by atoms with van der Waals surface area (Å²) in [5.41, 5.74) is 13.7. The number of aliphatic imine (C=N–C) groups is 1. The predicted octanol–water partition coefficient (Wildman–Crippen LogP) is 1.43. The number of H-pyrrole nitrogens is 1. The average Bonchev–Trinajstić information content (AvgIpc) is 3.90. The van der Waals surface area contributed by atoms with Crippen molar-refractivity contribution in [1.29, 1.82) is 0 Å². The smallest absolute Gasteiger partial charge is 0.247 e. The lowest BCUT2D eigenvalue weighted by molar-refractivity contribution is -0.142. The highest BCUT2D eigenvalue weighted by Gasteiger charge is 2.40. The van der Waals surface area contributed by atoms with Crippen LogP contribution >= 0.6 is 0 Å². The van der Waals surface area contributed by atoms with Gasteiger partial charge in [0.05, 0.1) is 0 Å². The van der Waals surface area contributed by atoms with E-state index in [-0.39, 0.29) is 50.8 Å². The third-order valence-corrected chi connectivity index (χ3v) is 11.7. The fourth-order valence-electron chi connectivity index (χ4n) is 8.50. The quantitative estimate of drug-likeness (QED) is 0.0754. The molecule has 0 bridgehead atoms. The zero-order valence-electron chi connectivity index (χ0n) is 33.5. The van der Waals surface area contributed by atoms with Gasteiger partial charge in [-0.25, -0.2) is 0 Å². The number of amides is 6.